The van der Waals surface area contributed by atoms with Gasteiger partial charge in [-0.25, -0.2) is 0 Å². The highest BCUT2D eigenvalue weighted by Gasteiger charge is 2.38. The minimum Gasteiger partial charge on any atom is -0.351 e. The summed E-state index contributed by atoms with van der Waals surface area (Å²) in [6.45, 7) is 4.06. The van der Waals surface area contributed by atoms with Crippen molar-refractivity contribution in [2.45, 2.75) is 31.7 Å². The molecule has 3 nitrogen and oxygen atoms in total. The van der Waals surface area contributed by atoms with Gasteiger partial charge in [0.2, 0.25) is 5.91 Å². The van der Waals surface area contributed by atoms with E-state index in [0.29, 0.717) is 0 Å². The molecule has 1 aliphatic heterocycles. The first-order valence-electron chi connectivity index (χ1n) is 7.39. The molecule has 3 heteroatoms. The van der Waals surface area contributed by atoms with Gasteiger partial charge in [-0.3, -0.25) is 9.78 Å². The van der Waals surface area contributed by atoms with Crippen molar-refractivity contribution in [2.24, 2.45) is 0 Å². The number of carbonyl (C=O) groups excluding carboxylic acids is 1. The summed E-state index contributed by atoms with van der Waals surface area (Å²) >= 11 is 0. The van der Waals surface area contributed by atoms with Crippen molar-refractivity contribution in [1.29, 1.82) is 0 Å². The normalized spacial score (nSPS) is 19.2. The highest BCUT2D eigenvalue weighted by atomic mass is 16.2. The Balaban J connectivity index is 1.77. The zero-order chi connectivity index (χ0) is 15.6. The van der Waals surface area contributed by atoms with Crippen LogP contribution in [-0.4, -0.2) is 16.4 Å². The van der Waals surface area contributed by atoms with E-state index in [4.69, 9.17) is 0 Å². The molecule has 0 bridgehead atoms. The monoisotopic (exact) mass is 290 g/mol. The molecule has 1 N–H and O–H groups in total. The van der Waals surface area contributed by atoms with Gasteiger partial charge in [0.1, 0.15) is 0 Å². The fourth-order valence-corrected chi connectivity index (χ4v) is 2.66. The van der Waals surface area contributed by atoms with Crippen molar-refractivity contribution in [3.05, 3.63) is 65.5 Å². The van der Waals surface area contributed by atoms with Gasteiger partial charge in [-0.15, -0.1) is 0 Å². The van der Waals surface area contributed by atoms with E-state index in [0.717, 1.165) is 23.2 Å². The number of nitrogens with zero attached hydrogens (tertiary/aromatic N) is 1. The molecule has 1 unspecified atom stereocenters. The second kappa shape index (κ2) is 5.65. The molecule has 3 rings (SSSR count). The lowest BCUT2D eigenvalue weighted by Crippen LogP contribution is -2.34. The summed E-state index contributed by atoms with van der Waals surface area (Å²) in [5.41, 5.74) is 2.48. The van der Waals surface area contributed by atoms with E-state index < -0.39 is 0 Å². The van der Waals surface area contributed by atoms with Gasteiger partial charge >= 0.3 is 0 Å². The first kappa shape index (κ1) is 14.3. The first-order chi connectivity index (χ1) is 10.5. The minimum absolute atomic E-state index is 0.0561. The number of aromatic nitrogens is 1. The van der Waals surface area contributed by atoms with Gasteiger partial charge in [0.15, 0.2) is 0 Å². The summed E-state index contributed by atoms with van der Waals surface area (Å²) in [6, 6.07) is 13.7. The molecule has 1 saturated heterocycles. The van der Waals surface area contributed by atoms with Gasteiger partial charge < -0.3 is 5.32 Å². The number of rotatable bonds is 1. The number of hydrogen-bond donors (Lipinski definition) is 1. The minimum atomic E-state index is -0.161. The van der Waals surface area contributed by atoms with Crippen LogP contribution >= 0.6 is 0 Å². The lowest BCUT2D eigenvalue weighted by molar-refractivity contribution is -0.120. The van der Waals surface area contributed by atoms with E-state index in [1.807, 2.05) is 56.3 Å². The van der Waals surface area contributed by atoms with E-state index in [2.05, 4.69) is 22.1 Å². The van der Waals surface area contributed by atoms with Crippen molar-refractivity contribution < 1.29 is 4.79 Å². The quantitative estimate of drug-likeness (QED) is 0.821. The smallest absolute Gasteiger partial charge is 0.229 e. The van der Waals surface area contributed by atoms with E-state index in [1.54, 1.807) is 6.20 Å². The van der Waals surface area contributed by atoms with Crippen LogP contribution in [0, 0.1) is 11.8 Å². The van der Waals surface area contributed by atoms with Crippen LogP contribution in [0.4, 0.5) is 0 Å². The van der Waals surface area contributed by atoms with Crippen LogP contribution < -0.4 is 5.32 Å². The molecule has 0 radical (unpaired) electrons. The Morgan fingerprint density at radius 2 is 1.82 bits per heavy atom. The van der Waals surface area contributed by atoms with Crippen LogP contribution in [0.5, 0.6) is 0 Å². The largest absolute Gasteiger partial charge is 0.351 e. The SMILES string of the molecule is CC1(C)CC(c2ccc(C#Cc3ccccc3)cn2)C(=O)N1. The number of pyridine rings is 1. The molecule has 1 fully saturated rings. The predicted molar refractivity (Wildman–Crippen MR) is 86.2 cm³/mol. The summed E-state index contributed by atoms with van der Waals surface area (Å²) in [5, 5.41) is 3.00. The Bertz CT molecular complexity index is 736. The maximum atomic E-state index is 12.0. The van der Waals surface area contributed by atoms with Gasteiger partial charge in [-0.1, -0.05) is 30.0 Å². The van der Waals surface area contributed by atoms with Crippen LogP contribution in [0.25, 0.3) is 0 Å². The van der Waals surface area contributed by atoms with Gasteiger partial charge in [-0.2, -0.15) is 0 Å². The summed E-state index contributed by atoms with van der Waals surface area (Å²) in [7, 11) is 0. The fourth-order valence-electron chi connectivity index (χ4n) is 2.66. The van der Waals surface area contributed by atoms with Crippen molar-refractivity contribution in [3.63, 3.8) is 0 Å². The third-order valence-corrected chi connectivity index (χ3v) is 3.76. The van der Waals surface area contributed by atoms with E-state index in [1.165, 1.54) is 0 Å². The molecule has 2 aromatic rings. The van der Waals surface area contributed by atoms with Crippen molar-refractivity contribution in [3.8, 4) is 11.8 Å². The first-order valence-corrected chi connectivity index (χ1v) is 7.39. The summed E-state index contributed by atoms with van der Waals surface area (Å²) < 4.78 is 0. The Morgan fingerprint density at radius 1 is 1.09 bits per heavy atom. The third kappa shape index (κ3) is 3.17. The number of nitrogens with one attached hydrogen (secondary N) is 1. The van der Waals surface area contributed by atoms with Gasteiger partial charge in [0.05, 0.1) is 11.6 Å². The molecule has 1 aromatic heterocycles. The average molecular weight is 290 g/mol. The maximum Gasteiger partial charge on any atom is 0.229 e. The number of amides is 1. The molecule has 2 heterocycles. The summed E-state index contributed by atoms with van der Waals surface area (Å²) in [4.78, 5) is 16.4. The third-order valence-electron chi connectivity index (χ3n) is 3.76. The van der Waals surface area contributed by atoms with Gasteiger partial charge in [0.25, 0.3) is 0 Å². The van der Waals surface area contributed by atoms with Crippen LogP contribution in [0.1, 0.15) is 43.0 Å². The second-order valence-corrected chi connectivity index (χ2v) is 6.22. The molecule has 1 aromatic carbocycles. The Labute approximate surface area is 130 Å². The summed E-state index contributed by atoms with van der Waals surface area (Å²) in [5.74, 6) is 6.09. The molecule has 0 aliphatic carbocycles. The van der Waals surface area contributed by atoms with Crippen molar-refractivity contribution in [2.75, 3.05) is 0 Å². The number of benzene rings is 1. The van der Waals surface area contributed by atoms with Crippen LogP contribution in [0.15, 0.2) is 48.7 Å². The van der Waals surface area contributed by atoms with Crippen molar-refractivity contribution >= 4 is 5.91 Å². The van der Waals surface area contributed by atoms with E-state index >= 15 is 0 Å². The van der Waals surface area contributed by atoms with Gasteiger partial charge in [-0.05, 0) is 44.5 Å². The number of hydrogen-bond acceptors (Lipinski definition) is 2. The van der Waals surface area contributed by atoms with Crippen LogP contribution in [-0.2, 0) is 4.79 Å². The summed E-state index contributed by atoms with van der Waals surface area (Å²) in [6.07, 6.45) is 2.51. The Kier molecular flexibility index (Phi) is 3.68. The average Bonchev–Trinajstić information content (AvgIpc) is 2.80. The Hall–Kier alpha value is -2.60. The standard InChI is InChI=1S/C19H18N2O/c1-19(2)12-16(18(22)21-19)17-11-10-15(13-20-17)9-8-14-6-4-3-5-7-14/h3-7,10-11,13,16H,12H2,1-2H3,(H,21,22). The van der Waals surface area contributed by atoms with Crippen LogP contribution in [0.2, 0.25) is 0 Å². The molecule has 22 heavy (non-hydrogen) atoms. The molecule has 110 valence electrons. The zero-order valence-electron chi connectivity index (χ0n) is 12.8. The zero-order valence-corrected chi connectivity index (χ0v) is 12.8. The molecule has 0 spiro atoms. The molecular weight excluding hydrogens is 272 g/mol. The Morgan fingerprint density at radius 3 is 2.41 bits per heavy atom. The van der Waals surface area contributed by atoms with Crippen LogP contribution in [0.3, 0.4) is 0 Å². The highest BCUT2D eigenvalue weighted by molar-refractivity contribution is 5.86. The van der Waals surface area contributed by atoms with E-state index in [-0.39, 0.29) is 17.4 Å². The van der Waals surface area contributed by atoms with Crippen molar-refractivity contribution in [1.82, 2.24) is 10.3 Å². The predicted octanol–water partition coefficient (Wildman–Crippen LogP) is 2.86. The maximum absolute atomic E-state index is 12.0. The molecule has 1 atom stereocenters. The van der Waals surface area contributed by atoms with Gasteiger partial charge in [0, 0.05) is 22.9 Å². The lowest BCUT2D eigenvalue weighted by atomic mass is 9.94. The topological polar surface area (TPSA) is 42.0 Å². The van der Waals surface area contributed by atoms with E-state index in [9.17, 15) is 4.79 Å². The number of carbonyl (C=O) groups is 1. The second-order valence-electron chi connectivity index (χ2n) is 6.22. The molecule has 1 amide bonds. The molecule has 1 aliphatic rings. The highest BCUT2D eigenvalue weighted by Crippen LogP contribution is 2.31. The molecular formula is C19H18N2O. The fraction of sp³-hybridized carbons (Fsp3) is 0.263. The molecule has 0 saturated carbocycles. The lowest BCUT2D eigenvalue weighted by Gasteiger charge is -2.16.